The minimum absolute atomic E-state index is 0.0652. The maximum atomic E-state index is 12.7. The van der Waals surface area contributed by atoms with E-state index in [-0.39, 0.29) is 5.91 Å². The van der Waals surface area contributed by atoms with Gasteiger partial charge in [0.15, 0.2) is 0 Å². The number of nitrogens with zero attached hydrogens (tertiary/aromatic N) is 1. The number of fused-ring (bicyclic) bond motifs is 1. The summed E-state index contributed by atoms with van der Waals surface area (Å²) in [6.07, 6.45) is 5.67. The Morgan fingerprint density at radius 2 is 2.00 bits per heavy atom. The number of benzene rings is 2. The van der Waals surface area contributed by atoms with E-state index in [1.54, 1.807) is 19.4 Å². The SMILES string of the molecule is CCOc1c(/C(C)=C/C(=O)N2CCCC2)cc2c(-c3cccc(OC)c3)coc2c1C. The molecular formula is C26H29NO4. The Bertz CT molecular complexity index is 1140. The average molecular weight is 420 g/mol. The fourth-order valence-electron chi connectivity index (χ4n) is 4.24. The summed E-state index contributed by atoms with van der Waals surface area (Å²) in [4.78, 5) is 14.6. The van der Waals surface area contributed by atoms with Crippen LogP contribution in [0.4, 0.5) is 0 Å². The number of methoxy groups -OCH3 is 1. The number of rotatable bonds is 6. The van der Waals surface area contributed by atoms with E-state index in [2.05, 4.69) is 6.07 Å². The van der Waals surface area contributed by atoms with Gasteiger partial charge in [-0.3, -0.25) is 4.79 Å². The Balaban J connectivity index is 1.85. The average Bonchev–Trinajstić information content (AvgIpc) is 3.46. The van der Waals surface area contributed by atoms with Crippen LogP contribution in [0.1, 0.15) is 37.8 Å². The van der Waals surface area contributed by atoms with Gasteiger partial charge in [0.2, 0.25) is 5.91 Å². The smallest absolute Gasteiger partial charge is 0.246 e. The molecule has 2 heterocycles. The van der Waals surface area contributed by atoms with Crippen molar-refractivity contribution in [2.75, 3.05) is 26.8 Å². The predicted molar refractivity (Wildman–Crippen MR) is 124 cm³/mol. The van der Waals surface area contributed by atoms with Crippen LogP contribution in [0.15, 0.2) is 47.1 Å². The highest BCUT2D eigenvalue weighted by Gasteiger charge is 2.21. The normalized spacial score (nSPS) is 14.3. The lowest BCUT2D eigenvalue weighted by atomic mass is 9.96. The van der Waals surface area contributed by atoms with Crippen LogP contribution in [-0.2, 0) is 4.79 Å². The van der Waals surface area contributed by atoms with E-state index >= 15 is 0 Å². The third-order valence-corrected chi connectivity index (χ3v) is 5.90. The van der Waals surface area contributed by atoms with E-state index < -0.39 is 0 Å². The Morgan fingerprint density at radius 1 is 1.23 bits per heavy atom. The minimum Gasteiger partial charge on any atom is -0.497 e. The zero-order chi connectivity index (χ0) is 22.0. The summed E-state index contributed by atoms with van der Waals surface area (Å²) >= 11 is 0. The van der Waals surface area contributed by atoms with Crippen LogP contribution in [0.25, 0.3) is 27.7 Å². The highest BCUT2D eigenvalue weighted by molar-refractivity contribution is 6.01. The van der Waals surface area contributed by atoms with Crippen molar-refractivity contribution in [3.8, 4) is 22.6 Å². The Labute approximate surface area is 183 Å². The maximum absolute atomic E-state index is 12.7. The van der Waals surface area contributed by atoms with Crippen molar-refractivity contribution in [1.29, 1.82) is 0 Å². The first kappa shape index (κ1) is 21.0. The number of hydrogen-bond donors (Lipinski definition) is 0. The molecule has 3 aromatic rings. The second kappa shape index (κ2) is 8.88. The summed E-state index contributed by atoms with van der Waals surface area (Å²) in [5.74, 6) is 1.63. The quantitative estimate of drug-likeness (QED) is 0.471. The molecule has 5 nitrogen and oxygen atoms in total. The Morgan fingerprint density at radius 3 is 2.71 bits per heavy atom. The summed E-state index contributed by atoms with van der Waals surface area (Å²) in [6, 6.07) is 10.0. The van der Waals surface area contributed by atoms with E-state index in [0.717, 1.165) is 76.2 Å². The number of furan rings is 1. The molecule has 0 aliphatic carbocycles. The van der Waals surface area contributed by atoms with Crippen LogP contribution in [-0.4, -0.2) is 37.6 Å². The fourth-order valence-corrected chi connectivity index (χ4v) is 4.24. The van der Waals surface area contributed by atoms with E-state index in [1.807, 2.05) is 49.9 Å². The first-order valence-corrected chi connectivity index (χ1v) is 10.8. The summed E-state index contributed by atoms with van der Waals surface area (Å²) < 4.78 is 17.4. The molecule has 1 fully saturated rings. The highest BCUT2D eigenvalue weighted by Crippen LogP contribution is 2.41. The van der Waals surface area contributed by atoms with Crippen molar-refractivity contribution in [3.63, 3.8) is 0 Å². The van der Waals surface area contributed by atoms with Crippen LogP contribution >= 0.6 is 0 Å². The van der Waals surface area contributed by atoms with E-state index in [4.69, 9.17) is 13.9 Å². The molecule has 0 unspecified atom stereocenters. The van der Waals surface area contributed by atoms with Crippen molar-refractivity contribution in [2.24, 2.45) is 0 Å². The molecule has 31 heavy (non-hydrogen) atoms. The van der Waals surface area contributed by atoms with Crippen molar-refractivity contribution in [3.05, 3.63) is 53.8 Å². The minimum atomic E-state index is 0.0652. The Kier molecular flexibility index (Phi) is 6.03. The van der Waals surface area contributed by atoms with Gasteiger partial charge < -0.3 is 18.8 Å². The molecule has 4 rings (SSSR count). The van der Waals surface area contributed by atoms with Gasteiger partial charge in [-0.15, -0.1) is 0 Å². The van der Waals surface area contributed by atoms with Crippen molar-refractivity contribution in [1.82, 2.24) is 4.90 Å². The number of amides is 1. The maximum Gasteiger partial charge on any atom is 0.246 e. The molecule has 0 radical (unpaired) electrons. The molecule has 0 bridgehead atoms. The number of likely N-dealkylation sites (tertiary alicyclic amines) is 1. The number of carbonyl (C=O) groups excluding carboxylic acids is 1. The van der Waals surface area contributed by atoms with Crippen molar-refractivity contribution in [2.45, 2.75) is 33.6 Å². The molecule has 2 aromatic carbocycles. The highest BCUT2D eigenvalue weighted by atomic mass is 16.5. The van der Waals surface area contributed by atoms with E-state index in [9.17, 15) is 4.79 Å². The van der Waals surface area contributed by atoms with Gasteiger partial charge in [-0.2, -0.15) is 0 Å². The van der Waals surface area contributed by atoms with E-state index in [1.165, 1.54) is 0 Å². The van der Waals surface area contributed by atoms with Crippen LogP contribution < -0.4 is 9.47 Å². The van der Waals surface area contributed by atoms with Crippen LogP contribution in [0.2, 0.25) is 0 Å². The molecule has 1 aromatic heterocycles. The zero-order valence-corrected chi connectivity index (χ0v) is 18.7. The van der Waals surface area contributed by atoms with Crippen LogP contribution in [0.3, 0.4) is 0 Å². The summed E-state index contributed by atoms with van der Waals surface area (Å²) in [5.41, 5.74) is 5.55. The third kappa shape index (κ3) is 4.05. The summed E-state index contributed by atoms with van der Waals surface area (Å²) in [6.45, 7) is 8.15. The molecule has 1 aliphatic heterocycles. The van der Waals surface area contributed by atoms with Gasteiger partial charge in [0.25, 0.3) is 0 Å². The second-order valence-corrected chi connectivity index (χ2v) is 7.93. The monoisotopic (exact) mass is 419 g/mol. The van der Waals surface area contributed by atoms with Crippen LogP contribution in [0.5, 0.6) is 11.5 Å². The number of ether oxygens (including phenoxy) is 2. The van der Waals surface area contributed by atoms with Gasteiger partial charge in [0.1, 0.15) is 17.1 Å². The molecule has 162 valence electrons. The Hall–Kier alpha value is -3.21. The molecule has 0 spiro atoms. The fraction of sp³-hybridized carbons (Fsp3) is 0.346. The topological polar surface area (TPSA) is 51.9 Å². The molecule has 0 saturated carbocycles. The summed E-state index contributed by atoms with van der Waals surface area (Å²) in [7, 11) is 1.66. The van der Waals surface area contributed by atoms with Crippen LogP contribution in [0, 0.1) is 6.92 Å². The molecule has 1 saturated heterocycles. The van der Waals surface area contributed by atoms with Gasteiger partial charge in [0, 0.05) is 41.2 Å². The summed E-state index contributed by atoms with van der Waals surface area (Å²) in [5, 5.41) is 0.991. The largest absolute Gasteiger partial charge is 0.497 e. The number of allylic oxidation sites excluding steroid dienone is 1. The number of aryl methyl sites for hydroxylation is 1. The molecule has 1 aliphatic rings. The first-order chi connectivity index (χ1) is 15.0. The first-order valence-electron chi connectivity index (χ1n) is 10.8. The number of hydrogen-bond acceptors (Lipinski definition) is 4. The predicted octanol–water partition coefficient (Wildman–Crippen LogP) is 5.84. The van der Waals surface area contributed by atoms with E-state index in [0.29, 0.717) is 6.61 Å². The molecular weight excluding hydrogens is 390 g/mol. The number of carbonyl (C=O) groups is 1. The van der Waals surface area contributed by atoms with Gasteiger partial charge in [-0.1, -0.05) is 12.1 Å². The lowest BCUT2D eigenvalue weighted by Crippen LogP contribution is -2.25. The van der Waals surface area contributed by atoms with Gasteiger partial charge >= 0.3 is 0 Å². The third-order valence-electron chi connectivity index (χ3n) is 5.90. The lowest BCUT2D eigenvalue weighted by molar-refractivity contribution is -0.124. The molecule has 0 N–H and O–H groups in total. The molecule has 0 atom stereocenters. The zero-order valence-electron chi connectivity index (χ0n) is 18.7. The van der Waals surface area contributed by atoms with Gasteiger partial charge in [-0.05, 0) is 62.9 Å². The molecule has 1 amide bonds. The standard InChI is InChI=1S/C26H29NO4/c1-5-30-25-18(3)26-22(23(16-31-26)19-9-8-10-20(14-19)29-4)15-21(25)17(2)13-24(28)27-11-6-7-12-27/h8-10,13-16H,5-7,11-12H2,1-4H3/b17-13+. The lowest BCUT2D eigenvalue weighted by Gasteiger charge is -2.16. The van der Waals surface area contributed by atoms with Crippen molar-refractivity contribution >= 4 is 22.4 Å². The van der Waals surface area contributed by atoms with Gasteiger partial charge in [0.05, 0.1) is 20.0 Å². The second-order valence-electron chi connectivity index (χ2n) is 7.93. The molecule has 5 heteroatoms. The van der Waals surface area contributed by atoms with Crippen molar-refractivity contribution < 1.29 is 18.7 Å². The van der Waals surface area contributed by atoms with Gasteiger partial charge in [-0.25, -0.2) is 0 Å².